The summed E-state index contributed by atoms with van der Waals surface area (Å²) in [5.74, 6) is 0.364. The van der Waals surface area contributed by atoms with Crippen molar-refractivity contribution in [3.05, 3.63) is 46.5 Å². The lowest BCUT2D eigenvalue weighted by atomic mass is 10.0. The van der Waals surface area contributed by atoms with E-state index in [2.05, 4.69) is 27.1 Å². The van der Waals surface area contributed by atoms with Crippen LogP contribution in [0.1, 0.15) is 25.3 Å². The number of nitrogens with zero attached hydrogens (tertiary/aromatic N) is 4. The van der Waals surface area contributed by atoms with Crippen molar-refractivity contribution in [2.75, 3.05) is 23.3 Å². The number of thiazole rings is 1. The molecule has 146 valence electrons. The van der Waals surface area contributed by atoms with E-state index in [1.54, 1.807) is 0 Å². The molecule has 1 aliphatic rings. The highest BCUT2D eigenvalue weighted by Gasteiger charge is 2.21. The molecular formula is C20H23N5O2S. The molecule has 1 aliphatic heterocycles. The molecule has 7 nitrogen and oxygen atoms in total. The van der Waals surface area contributed by atoms with Crippen LogP contribution >= 0.6 is 11.3 Å². The lowest BCUT2D eigenvalue weighted by Crippen LogP contribution is -2.34. The second kappa shape index (κ2) is 7.71. The number of anilines is 2. The van der Waals surface area contributed by atoms with Gasteiger partial charge in [0.05, 0.1) is 0 Å². The van der Waals surface area contributed by atoms with E-state index in [1.165, 1.54) is 28.7 Å². The van der Waals surface area contributed by atoms with Gasteiger partial charge in [0.15, 0.2) is 10.8 Å². The highest BCUT2D eigenvalue weighted by atomic mass is 32.1. The number of fused-ring (bicyclic) bond motifs is 1. The van der Waals surface area contributed by atoms with Crippen molar-refractivity contribution in [2.24, 2.45) is 5.92 Å². The van der Waals surface area contributed by atoms with Crippen LogP contribution in [0.2, 0.25) is 0 Å². The molecule has 0 unspecified atom stereocenters. The van der Waals surface area contributed by atoms with Gasteiger partial charge in [-0.05, 0) is 37.3 Å². The minimum Gasteiger partial charge on any atom is -0.348 e. The number of aryl methyl sites for hydroxylation is 1. The summed E-state index contributed by atoms with van der Waals surface area (Å²) in [6.07, 6.45) is 3.76. The summed E-state index contributed by atoms with van der Waals surface area (Å²) in [6, 6.07) is 7.54. The Hall–Kier alpha value is -2.74. The lowest BCUT2D eigenvalue weighted by Gasteiger charge is -2.30. The number of rotatable bonds is 4. The molecular weight excluding hydrogens is 374 g/mol. The largest absolute Gasteiger partial charge is 0.348 e. The summed E-state index contributed by atoms with van der Waals surface area (Å²) in [5, 5.41) is 3.69. The molecule has 3 heterocycles. The van der Waals surface area contributed by atoms with Crippen molar-refractivity contribution in [3.63, 3.8) is 0 Å². The maximum absolute atomic E-state index is 12.8. The highest BCUT2D eigenvalue weighted by molar-refractivity contribution is 7.22. The molecule has 0 spiro atoms. The Morgan fingerprint density at radius 1 is 1.36 bits per heavy atom. The Balaban J connectivity index is 1.55. The molecule has 2 aromatic heterocycles. The minimum absolute atomic E-state index is 0.0793. The van der Waals surface area contributed by atoms with Crippen LogP contribution in [-0.2, 0) is 11.3 Å². The Labute approximate surface area is 167 Å². The van der Waals surface area contributed by atoms with E-state index >= 15 is 0 Å². The maximum atomic E-state index is 12.8. The molecule has 0 saturated carbocycles. The third-order valence-electron chi connectivity index (χ3n) is 5.03. The van der Waals surface area contributed by atoms with Crippen molar-refractivity contribution in [1.82, 2.24) is 14.5 Å². The van der Waals surface area contributed by atoms with Gasteiger partial charge in [-0.1, -0.05) is 36.5 Å². The van der Waals surface area contributed by atoms with Crippen LogP contribution in [0.4, 0.5) is 10.8 Å². The van der Waals surface area contributed by atoms with Gasteiger partial charge in [0, 0.05) is 18.8 Å². The van der Waals surface area contributed by atoms with E-state index in [9.17, 15) is 9.59 Å². The van der Waals surface area contributed by atoms with Gasteiger partial charge in [-0.15, -0.1) is 0 Å². The van der Waals surface area contributed by atoms with Gasteiger partial charge in [-0.2, -0.15) is 4.98 Å². The lowest BCUT2D eigenvalue weighted by molar-refractivity contribution is -0.116. The van der Waals surface area contributed by atoms with E-state index in [0.717, 1.165) is 35.9 Å². The van der Waals surface area contributed by atoms with Gasteiger partial charge in [-0.3, -0.25) is 14.2 Å². The SMILES string of the molecule is Cc1ccccc1NC(=O)Cn1cnc2nc(N3CCC[C@@H](C)C3)sc2c1=O. The number of amides is 1. The zero-order chi connectivity index (χ0) is 19.7. The number of hydrogen-bond donors (Lipinski definition) is 1. The minimum atomic E-state index is -0.257. The summed E-state index contributed by atoms with van der Waals surface area (Å²) < 4.78 is 1.84. The Bertz CT molecular complexity index is 1070. The van der Waals surface area contributed by atoms with Crippen LogP contribution in [0.15, 0.2) is 35.4 Å². The van der Waals surface area contributed by atoms with Crippen molar-refractivity contribution >= 4 is 38.4 Å². The molecule has 1 atom stereocenters. The molecule has 4 rings (SSSR count). The standard InChI is InChI=1S/C20H23N5O2S/c1-13-6-5-9-24(10-13)20-23-18-17(28-20)19(27)25(12-21-18)11-16(26)22-15-8-4-3-7-14(15)2/h3-4,7-8,12-13H,5-6,9-11H2,1-2H3,(H,22,26)/t13-/m1/s1. The molecule has 1 fully saturated rings. The molecule has 1 aromatic carbocycles. The quantitative estimate of drug-likeness (QED) is 0.732. The topological polar surface area (TPSA) is 80.1 Å². The molecule has 8 heteroatoms. The van der Waals surface area contributed by atoms with Gasteiger partial charge in [0.2, 0.25) is 5.91 Å². The fourth-order valence-corrected chi connectivity index (χ4v) is 4.51. The smallest absolute Gasteiger partial charge is 0.273 e. The van der Waals surface area contributed by atoms with E-state index in [1.807, 2.05) is 31.2 Å². The Morgan fingerprint density at radius 2 is 2.18 bits per heavy atom. The number of aromatic nitrogens is 3. The zero-order valence-electron chi connectivity index (χ0n) is 16.0. The molecule has 1 amide bonds. The van der Waals surface area contributed by atoms with E-state index in [4.69, 9.17) is 0 Å². The van der Waals surface area contributed by atoms with E-state index < -0.39 is 0 Å². The number of carbonyl (C=O) groups excluding carboxylic acids is 1. The van der Waals surface area contributed by atoms with Crippen LogP contribution < -0.4 is 15.8 Å². The average Bonchev–Trinajstić information content (AvgIpc) is 3.11. The molecule has 28 heavy (non-hydrogen) atoms. The maximum Gasteiger partial charge on any atom is 0.273 e. The number of benzene rings is 1. The van der Waals surface area contributed by atoms with Gasteiger partial charge in [0.1, 0.15) is 17.6 Å². The van der Waals surface area contributed by atoms with Crippen LogP contribution in [0, 0.1) is 12.8 Å². The van der Waals surface area contributed by atoms with E-state index in [-0.39, 0.29) is 18.0 Å². The first-order valence-corrected chi connectivity index (χ1v) is 10.3. The first-order chi connectivity index (χ1) is 13.5. The fourth-order valence-electron chi connectivity index (χ4n) is 3.50. The predicted molar refractivity (Wildman–Crippen MR) is 112 cm³/mol. The van der Waals surface area contributed by atoms with Gasteiger partial charge < -0.3 is 10.2 Å². The van der Waals surface area contributed by atoms with Crippen molar-refractivity contribution in [3.8, 4) is 0 Å². The van der Waals surface area contributed by atoms with Crippen LogP contribution in [0.5, 0.6) is 0 Å². The third kappa shape index (κ3) is 3.77. The molecule has 0 aliphatic carbocycles. The summed E-state index contributed by atoms with van der Waals surface area (Å²) in [4.78, 5) is 36.3. The third-order valence-corrected chi connectivity index (χ3v) is 6.13. The second-order valence-electron chi connectivity index (χ2n) is 7.38. The molecule has 3 aromatic rings. The van der Waals surface area contributed by atoms with Crippen molar-refractivity contribution in [1.29, 1.82) is 0 Å². The number of nitrogens with one attached hydrogen (secondary N) is 1. The Morgan fingerprint density at radius 3 is 2.96 bits per heavy atom. The summed E-state index contributed by atoms with van der Waals surface area (Å²) in [5.41, 5.74) is 1.95. The monoisotopic (exact) mass is 397 g/mol. The second-order valence-corrected chi connectivity index (χ2v) is 8.36. The van der Waals surface area contributed by atoms with Gasteiger partial charge >= 0.3 is 0 Å². The summed E-state index contributed by atoms with van der Waals surface area (Å²) in [6.45, 7) is 5.99. The van der Waals surface area contributed by atoms with Crippen molar-refractivity contribution < 1.29 is 4.79 Å². The van der Waals surface area contributed by atoms with E-state index in [0.29, 0.717) is 16.3 Å². The summed E-state index contributed by atoms with van der Waals surface area (Å²) >= 11 is 1.37. The van der Waals surface area contributed by atoms with Crippen LogP contribution in [-0.4, -0.2) is 33.5 Å². The molecule has 0 bridgehead atoms. The first kappa shape index (κ1) is 18.6. The van der Waals surface area contributed by atoms with Crippen LogP contribution in [0.3, 0.4) is 0 Å². The fraction of sp³-hybridized carbons (Fsp3) is 0.400. The highest BCUT2D eigenvalue weighted by Crippen LogP contribution is 2.29. The van der Waals surface area contributed by atoms with Crippen LogP contribution in [0.25, 0.3) is 10.3 Å². The number of carbonyl (C=O) groups is 1. The number of hydrogen-bond acceptors (Lipinski definition) is 6. The number of piperidine rings is 1. The zero-order valence-corrected chi connectivity index (χ0v) is 16.8. The van der Waals surface area contributed by atoms with Gasteiger partial charge in [-0.25, -0.2) is 4.98 Å². The molecule has 1 saturated heterocycles. The normalized spacial score (nSPS) is 17.1. The number of para-hydroxylation sites is 1. The summed E-state index contributed by atoms with van der Waals surface area (Å²) in [7, 11) is 0. The first-order valence-electron chi connectivity index (χ1n) is 9.47. The molecule has 0 radical (unpaired) electrons. The Kier molecular flexibility index (Phi) is 5.13. The molecule has 1 N–H and O–H groups in total. The predicted octanol–water partition coefficient (Wildman–Crippen LogP) is 3.04. The van der Waals surface area contributed by atoms with Gasteiger partial charge in [0.25, 0.3) is 5.56 Å². The average molecular weight is 398 g/mol. The van der Waals surface area contributed by atoms with Crippen molar-refractivity contribution in [2.45, 2.75) is 33.2 Å².